The lowest BCUT2D eigenvalue weighted by Crippen LogP contribution is -2.17. The molecule has 2 heterocycles. The van der Waals surface area contributed by atoms with Crippen LogP contribution in [0.3, 0.4) is 0 Å². The molecule has 4 nitrogen and oxygen atoms in total. The minimum absolute atomic E-state index is 0.736. The van der Waals surface area contributed by atoms with Gasteiger partial charge in [0.1, 0.15) is 5.82 Å². The topological polar surface area (TPSA) is 49.0 Å². The molecule has 4 rings (SSSR count). The molecule has 0 amide bonds. The molecule has 1 aromatic carbocycles. The maximum Gasteiger partial charge on any atom is 0.125 e. The van der Waals surface area contributed by atoms with Crippen LogP contribution in [-0.2, 0) is 19.4 Å². The van der Waals surface area contributed by atoms with E-state index in [0.717, 1.165) is 61.5 Å². The van der Waals surface area contributed by atoms with Crippen LogP contribution in [0.5, 0.6) is 0 Å². The Bertz CT molecular complexity index is 769. The van der Waals surface area contributed by atoms with Crippen molar-refractivity contribution < 1.29 is 0 Å². The third kappa shape index (κ3) is 4.98. The van der Waals surface area contributed by atoms with E-state index in [0.29, 0.717) is 0 Å². The van der Waals surface area contributed by atoms with Crippen molar-refractivity contribution in [1.29, 1.82) is 0 Å². The van der Waals surface area contributed by atoms with Crippen LogP contribution in [0.15, 0.2) is 30.5 Å². The molecular formula is C23H31ClN4. The van der Waals surface area contributed by atoms with Gasteiger partial charge in [-0.15, -0.1) is 0 Å². The lowest BCUT2D eigenvalue weighted by atomic mass is 9.89. The molecule has 0 bridgehead atoms. The van der Waals surface area contributed by atoms with Crippen molar-refractivity contribution in [2.45, 2.75) is 51.5 Å². The van der Waals surface area contributed by atoms with Crippen molar-refractivity contribution in [3.05, 3.63) is 52.2 Å². The summed E-state index contributed by atoms with van der Waals surface area (Å²) < 4.78 is 0. The number of nitrogens with one attached hydrogen (secondary N) is 3. The van der Waals surface area contributed by atoms with E-state index in [9.17, 15) is 0 Å². The summed E-state index contributed by atoms with van der Waals surface area (Å²) in [6.45, 7) is 3.82. The van der Waals surface area contributed by atoms with Crippen LogP contribution in [-0.4, -0.2) is 24.6 Å². The summed E-state index contributed by atoms with van der Waals surface area (Å²) in [6, 6.07) is 8.44. The summed E-state index contributed by atoms with van der Waals surface area (Å²) in [5.74, 6) is 1.79. The van der Waals surface area contributed by atoms with Crippen molar-refractivity contribution in [3.63, 3.8) is 0 Å². The molecule has 28 heavy (non-hydrogen) atoms. The number of anilines is 2. The van der Waals surface area contributed by atoms with E-state index >= 15 is 0 Å². The number of halogens is 1. The van der Waals surface area contributed by atoms with Crippen LogP contribution < -0.4 is 16.0 Å². The zero-order valence-corrected chi connectivity index (χ0v) is 17.3. The van der Waals surface area contributed by atoms with E-state index in [1.54, 1.807) is 0 Å². The first-order chi connectivity index (χ1) is 13.8. The molecule has 1 aromatic heterocycles. The quantitative estimate of drug-likeness (QED) is 0.638. The van der Waals surface area contributed by atoms with Crippen molar-refractivity contribution in [2.75, 3.05) is 30.3 Å². The van der Waals surface area contributed by atoms with Gasteiger partial charge in [-0.05, 0) is 73.5 Å². The first-order valence-electron chi connectivity index (χ1n) is 10.7. The maximum absolute atomic E-state index is 6.51. The number of hydrogen-bond donors (Lipinski definition) is 3. The highest BCUT2D eigenvalue weighted by atomic mass is 35.5. The van der Waals surface area contributed by atoms with Crippen molar-refractivity contribution in [2.24, 2.45) is 5.92 Å². The van der Waals surface area contributed by atoms with Crippen LogP contribution in [0, 0.1) is 5.92 Å². The third-order valence-corrected chi connectivity index (χ3v) is 6.39. The van der Waals surface area contributed by atoms with Gasteiger partial charge in [-0.2, -0.15) is 0 Å². The zero-order chi connectivity index (χ0) is 19.2. The lowest BCUT2D eigenvalue weighted by Gasteiger charge is -2.22. The van der Waals surface area contributed by atoms with E-state index in [-0.39, 0.29) is 0 Å². The Kier molecular flexibility index (Phi) is 6.71. The Balaban J connectivity index is 1.35. The van der Waals surface area contributed by atoms with E-state index in [2.05, 4.69) is 39.1 Å². The Morgan fingerprint density at radius 2 is 1.86 bits per heavy atom. The smallest absolute Gasteiger partial charge is 0.125 e. The van der Waals surface area contributed by atoms with E-state index in [1.807, 2.05) is 12.3 Å². The van der Waals surface area contributed by atoms with Crippen molar-refractivity contribution in [3.8, 4) is 0 Å². The van der Waals surface area contributed by atoms with Crippen LogP contribution >= 0.6 is 11.6 Å². The largest absolute Gasteiger partial charge is 0.379 e. The van der Waals surface area contributed by atoms with Crippen molar-refractivity contribution in [1.82, 2.24) is 10.3 Å². The van der Waals surface area contributed by atoms with Crippen LogP contribution in [0.4, 0.5) is 11.5 Å². The Hall–Kier alpha value is -1.78. The summed E-state index contributed by atoms with van der Waals surface area (Å²) in [6.07, 6.45) is 10.9. The Morgan fingerprint density at radius 3 is 2.68 bits per heavy atom. The fraction of sp³-hybridized carbons (Fsp3) is 0.522. The summed E-state index contributed by atoms with van der Waals surface area (Å²) in [7, 11) is 0. The monoisotopic (exact) mass is 398 g/mol. The highest BCUT2D eigenvalue weighted by Crippen LogP contribution is 2.31. The molecule has 0 atom stereocenters. The number of fused-ring (bicyclic) bond motifs is 1. The van der Waals surface area contributed by atoms with Gasteiger partial charge < -0.3 is 16.0 Å². The molecule has 2 aromatic rings. The summed E-state index contributed by atoms with van der Waals surface area (Å²) in [5, 5.41) is 11.4. The number of aromatic nitrogens is 1. The van der Waals surface area contributed by atoms with Crippen LogP contribution in [0.25, 0.3) is 0 Å². The fourth-order valence-corrected chi connectivity index (χ4v) is 4.64. The molecule has 1 fully saturated rings. The van der Waals surface area contributed by atoms with Crippen LogP contribution in [0.1, 0.15) is 48.8 Å². The second kappa shape index (κ2) is 9.62. The molecule has 0 radical (unpaired) electrons. The molecule has 150 valence electrons. The molecule has 5 heteroatoms. The fourth-order valence-electron chi connectivity index (χ4n) is 4.40. The van der Waals surface area contributed by atoms with Gasteiger partial charge in [0.05, 0.1) is 10.7 Å². The molecule has 1 aliphatic carbocycles. The Labute approximate surface area is 173 Å². The molecule has 0 unspecified atom stereocenters. The number of hydrogen-bond acceptors (Lipinski definition) is 4. The van der Waals surface area contributed by atoms with Gasteiger partial charge in [-0.25, -0.2) is 4.98 Å². The van der Waals surface area contributed by atoms with E-state index in [4.69, 9.17) is 11.6 Å². The summed E-state index contributed by atoms with van der Waals surface area (Å²) in [5.41, 5.74) is 5.01. The zero-order valence-electron chi connectivity index (χ0n) is 16.6. The van der Waals surface area contributed by atoms with Gasteiger partial charge in [-0.3, -0.25) is 0 Å². The average molecular weight is 399 g/mol. The molecule has 0 saturated heterocycles. The molecular weight excluding hydrogens is 368 g/mol. The maximum atomic E-state index is 6.51. The highest BCUT2D eigenvalue weighted by molar-refractivity contribution is 6.33. The van der Waals surface area contributed by atoms with Gasteiger partial charge in [0, 0.05) is 19.3 Å². The standard InChI is InChI=1S/C23H31ClN4/c24-21-8-7-19-10-12-25-13-11-20(19)23(21)28-16-18-6-9-22(27-15-18)26-14-17-4-2-1-3-5-17/h6-9,15,17,25,28H,1-5,10-14,16H2,(H,26,27). The highest BCUT2D eigenvalue weighted by Gasteiger charge is 2.15. The van der Waals surface area contributed by atoms with Gasteiger partial charge >= 0.3 is 0 Å². The third-order valence-electron chi connectivity index (χ3n) is 6.07. The minimum Gasteiger partial charge on any atom is -0.379 e. The summed E-state index contributed by atoms with van der Waals surface area (Å²) in [4.78, 5) is 4.61. The number of nitrogens with zero attached hydrogens (tertiary/aromatic N) is 1. The van der Waals surface area contributed by atoms with Gasteiger partial charge in [0.15, 0.2) is 0 Å². The predicted octanol–water partition coefficient (Wildman–Crippen LogP) is 5.03. The molecule has 1 aliphatic heterocycles. The van der Waals surface area contributed by atoms with Gasteiger partial charge in [0.2, 0.25) is 0 Å². The summed E-state index contributed by atoms with van der Waals surface area (Å²) >= 11 is 6.51. The Morgan fingerprint density at radius 1 is 1.00 bits per heavy atom. The number of pyridine rings is 1. The minimum atomic E-state index is 0.736. The van der Waals surface area contributed by atoms with Gasteiger partial charge in [-0.1, -0.05) is 43.0 Å². The van der Waals surface area contributed by atoms with Gasteiger partial charge in [0.25, 0.3) is 0 Å². The first-order valence-corrected chi connectivity index (χ1v) is 11.1. The lowest BCUT2D eigenvalue weighted by molar-refractivity contribution is 0.373. The van der Waals surface area contributed by atoms with Crippen molar-refractivity contribution >= 4 is 23.1 Å². The second-order valence-electron chi connectivity index (χ2n) is 8.10. The molecule has 2 aliphatic rings. The molecule has 0 spiro atoms. The normalized spacial score (nSPS) is 17.6. The first kappa shape index (κ1) is 19.5. The second-order valence-corrected chi connectivity index (χ2v) is 8.51. The average Bonchev–Trinajstić information content (AvgIpc) is 2.99. The molecule has 1 saturated carbocycles. The number of rotatable bonds is 6. The number of benzene rings is 1. The van der Waals surface area contributed by atoms with E-state index in [1.165, 1.54) is 48.8 Å². The predicted molar refractivity (Wildman–Crippen MR) is 118 cm³/mol. The SMILES string of the molecule is Clc1ccc2c(c1NCc1ccc(NCC3CCCCC3)nc1)CCNCC2. The van der Waals surface area contributed by atoms with E-state index < -0.39 is 0 Å². The van der Waals surface area contributed by atoms with Crippen LogP contribution in [0.2, 0.25) is 5.02 Å². The molecule has 3 N–H and O–H groups in total.